The van der Waals surface area contributed by atoms with Crippen LogP contribution in [0.25, 0.3) is 0 Å². The molecule has 3 rings (SSSR count). The minimum Gasteiger partial charge on any atom is -0.370 e. The molecule has 0 aliphatic carbocycles. The number of piperidine rings is 2. The van der Waals surface area contributed by atoms with Gasteiger partial charge in [-0.3, -0.25) is 4.79 Å². The van der Waals surface area contributed by atoms with Crippen LogP contribution in [0.2, 0.25) is 0 Å². The molecule has 2 aliphatic heterocycles. The highest BCUT2D eigenvalue weighted by Gasteiger charge is 2.19. The van der Waals surface area contributed by atoms with E-state index >= 15 is 0 Å². The third-order valence-corrected chi connectivity index (χ3v) is 5.17. The van der Waals surface area contributed by atoms with E-state index in [1.165, 1.54) is 45.1 Å². The zero-order chi connectivity index (χ0) is 15.4. The molecule has 0 spiro atoms. The Balaban J connectivity index is 1.61. The van der Waals surface area contributed by atoms with Crippen LogP contribution >= 0.6 is 0 Å². The van der Waals surface area contributed by atoms with Crippen molar-refractivity contribution in [3.8, 4) is 0 Å². The fourth-order valence-electron chi connectivity index (χ4n) is 3.70. The van der Waals surface area contributed by atoms with E-state index in [4.69, 9.17) is 0 Å². The van der Waals surface area contributed by atoms with Crippen LogP contribution in [0.5, 0.6) is 0 Å². The lowest BCUT2D eigenvalue weighted by molar-refractivity contribution is 0.169. The Bertz CT molecular complexity index is 536. The van der Waals surface area contributed by atoms with E-state index in [0.29, 0.717) is 6.04 Å². The molecule has 2 saturated heterocycles. The molecule has 0 saturated carbocycles. The molecule has 3 heterocycles. The van der Waals surface area contributed by atoms with Gasteiger partial charge in [0.2, 0.25) is 0 Å². The number of aryl methyl sites for hydroxylation is 1. The molecule has 5 nitrogen and oxygen atoms in total. The Hall–Kier alpha value is -1.36. The number of anilines is 1. The van der Waals surface area contributed by atoms with Crippen molar-refractivity contribution in [1.29, 1.82) is 0 Å². The molecule has 2 fully saturated rings. The van der Waals surface area contributed by atoms with Crippen LogP contribution in [-0.2, 0) is 6.54 Å². The topological polar surface area (TPSA) is 41.4 Å². The van der Waals surface area contributed by atoms with Gasteiger partial charge >= 0.3 is 0 Å². The highest BCUT2D eigenvalue weighted by atomic mass is 16.1. The second-order valence-corrected chi connectivity index (χ2v) is 6.74. The minimum atomic E-state index is 0.0431. The predicted octanol–water partition coefficient (Wildman–Crippen LogP) is 2.11. The van der Waals surface area contributed by atoms with Gasteiger partial charge < -0.3 is 9.80 Å². The highest BCUT2D eigenvalue weighted by molar-refractivity contribution is 5.43. The lowest BCUT2D eigenvalue weighted by atomic mass is 10.0. The van der Waals surface area contributed by atoms with E-state index in [9.17, 15) is 4.79 Å². The first-order valence-electron chi connectivity index (χ1n) is 8.76. The van der Waals surface area contributed by atoms with Gasteiger partial charge in [0.25, 0.3) is 5.56 Å². The maximum absolute atomic E-state index is 12.3. The largest absolute Gasteiger partial charge is 0.370 e. The molecule has 0 aromatic carbocycles. The first-order chi connectivity index (χ1) is 10.7. The van der Waals surface area contributed by atoms with E-state index in [-0.39, 0.29) is 5.56 Å². The van der Waals surface area contributed by atoms with Crippen molar-refractivity contribution in [1.82, 2.24) is 14.7 Å². The van der Waals surface area contributed by atoms with E-state index in [2.05, 4.69) is 21.9 Å². The molecule has 0 amide bonds. The SMILES string of the molecule is CN1CCCC[C@H]1CCn1ncc(N2CCCCC2)cc1=O. The number of hydrogen-bond acceptors (Lipinski definition) is 4. The lowest BCUT2D eigenvalue weighted by Crippen LogP contribution is -2.38. The molecule has 1 aromatic rings. The van der Waals surface area contributed by atoms with Crippen LogP contribution in [0, 0.1) is 0 Å². The maximum atomic E-state index is 12.3. The Morgan fingerprint density at radius 2 is 1.91 bits per heavy atom. The third-order valence-electron chi connectivity index (χ3n) is 5.17. The molecule has 5 heteroatoms. The molecule has 1 aromatic heterocycles. The number of nitrogens with zero attached hydrogens (tertiary/aromatic N) is 4. The first-order valence-corrected chi connectivity index (χ1v) is 8.76. The van der Waals surface area contributed by atoms with E-state index in [0.717, 1.165) is 31.7 Å². The molecule has 0 N–H and O–H groups in total. The van der Waals surface area contributed by atoms with E-state index in [1.54, 1.807) is 10.7 Å². The monoisotopic (exact) mass is 304 g/mol. The smallest absolute Gasteiger partial charge is 0.268 e. The van der Waals surface area contributed by atoms with Gasteiger partial charge in [0.1, 0.15) is 0 Å². The van der Waals surface area contributed by atoms with Crippen LogP contribution < -0.4 is 10.5 Å². The molecule has 0 bridgehead atoms. The van der Waals surface area contributed by atoms with Gasteiger partial charge in [0.05, 0.1) is 11.9 Å². The van der Waals surface area contributed by atoms with Crippen molar-refractivity contribution in [3.63, 3.8) is 0 Å². The van der Waals surface area contributed by atoms with Crippen LogP contribution in [-0.4, -0.2) is 47.4 Å². The molecule has 0 unspecified atom stereocenters. The summed E-state index contributed by atoms with van der Waals surface area (Å²) in [6.07, 6.45) is 10.5. The van der Waals surface area contributed by atoms with Crippen LogP contribution in [0.15, 0.2) is 17.1 Å². The van der Waals surface area contributed by atoms with Crippen molar-refractivity contribution in [2.45, 2.75) is 57.5 Å². The van der Waals surface area contributed by atoms with Crippen molar-refractivity contribution < 1.29 is 0 Å². The van der Waals surface area contributed by atoms with Gasteiger partial charge in [-0.15, -0.1) is 0 Å². The summed E-state index contributed by atoms with van der Waals surface area (Å²) in [7, 11) is 2.19. The Labute approximate surface area is 132 Å². The Morgan fingerprint density at radius 3 is 2.64 bits per heavy atom. The molecular weight excluding hydrogens is 276 g/mol. The number of aromatic nitrogens is 2. The summed E-state index contributed by atoms with van der Waals surface area (Å²) < 4.78 is 1.63. The zero-order valence-electron chi connectivity index (χ0n) is 13.7. The molecule has 122 valence electrons. The van der Waals surface area contributed by atoms with Crippen molar-refractivity contribution >= 4 is 5.69 Å². The van der Waals surface area contributed by atoms with Crippen LogP contribution in [0.3, 0.4) is 0 Å². The summed E-state index contributed by atoms with van der Waals surface area (Å²) >= 11 is 0. The van der Waals surface area contributed by atoms with Gasteiger partial charge in [0, 0.05) is 31.7 Å². The predicted molar refractivity (Wildman–Crippen MR) is 89.4 cm³/mol. The van der Waals surface area contributed by atoms with Crippen LogP contribution in [0.1, 0.15) is 44.9 Å². The molecular formula is C17H28N4O. The molecule has 0 radical (unpaired) electrons. The van der Waals surface area contributed by atoms with Gasteiger partial charge in [-0.1, -0.05) is 6.42 Å². The van der Waals surface area contributed by atoms with Crippen molar-refractivity contribution in [2.24, 2.45) is 0 Å². The Kier molecular flexibility index (Phi) is 5.13. The maximum Gasteiger partial charge on any atom is 0.268 e. The lowest BCUT2D eigenvalue weighted by Gasteiger charge is -2.32. The fourth-order valence-corrected chi connectivity index (χ4v) is 3.70. The van der Waals surface area contributed by atoms with Gasteiger partial charge in [-0.05, 0) is 52.1 Å². The molecule has 1 atom stereocenters. The summed E-state index contributed by atoms with van der Waals surface area (Å²) in [5, 5.41) is 4.41. The van der Waals surface area contributed by atoms with Gasteiger partial charge in [0.15, 0.2) is 0 Å². The summed E-state index contributed by atoms with van der Waals surface area (Å²) in [6, 6.07) is 2.37. The number of rotatable bonds is 4. The summed E-state index contributed by atoms with van der Waals surface area (Å²) in [6.45, 7) is 4.02. The minimum absolute atomic E-state index is 0.0431. The van der Waals surface area contributed by atoms with Crippen molar-refractivity contribution in [3.05, 3.63) is 22.6 Å². The summed E-state index contributed by atoms with van der Waals surface area (Å²) in [4.78, 5) is 17.0. The van der Waals surface area contributed by atoms with Crippen LogP contribution in [0.4, 0.5) is 5.69 Å². The highest BCUT2D eigenvalue weighted by Crippen LogP contribution is 2.19. The summed E-state index contributed by atoms with van der Waals surface area (Å²) in [5.41, 5.74) is 1.04. The normalized spacial score (nSPS) is 23.7. The van der Waals surface area contributed by atoms with E-state index in [1.807, 2.05) is 6.20 Å². The standard InChI is InChI=1S/C17H28N4O/c1-19-9-6-3-7-15(19)8-12-21-17(22)13-16(14-18-21)20-10-4-2-5-11-20/h13-15H,2-12H2,1H3/t15-/m0/s1. The van der Waals surface area contributed by atoms with Gasteiger partial charge in [-0.25, -0.2) is 4.68 Å². The first kappa shape index (κ1) is 15.5. The van der Waals surface area contributed by atoms with E-state index < -0.39 is 0 Å². The van der Waals surface area contributed by atoms with Gasteiger partial charge in [-0.2, -0.15) is 5.10 Å². The average Bonchev–Trinajstić information content (AvgIpc) is 2.56. The second-order valence-electron chi connectivity index (χ2n) is 6.74. The molecule has 22 heavy (non-hydrogen) atoms. The number of likely N-dealkylation sites (tertiary alicyclic amines) is 1. The number of hydrogen-bond donors (Lipinski definition) is 0. The third kappa shape index (κ3) is 3.69. The second kappa shape index (κ2) is 7.27. The summed E-state index contributed by atoms with van der Waals surface area (Å²) in [5.74, 6) is 0. The molecule has 2 aliphatic rings. The quantitative estimate of drug-likeness (QED) is 0.854. The Morgan fingerprint density at radius 1 is 1.14 bits per heavy atom. The average molecular weight is 304 g/mol. The van der Waals surface area contributed by atoms with Crippen molar-refractivity contribution in [2.75, 3.05) is 31.6 Å². The zero-order valence-corrected chi connectivity index (χ0v) is 13.7. The fraction of sp³-hybridized carbons (Fsp3) is 0.765.